The Balaban J connectivity index is 2.20. The molecule has 2 rings (SSSR count). The summed E-state index contributed by atoms with van der Waals surface area (Å²) in [6.07, 6.45) is 1.11. The number of rotatable bonds is 7. The summed E-state index contributed by atoms with van der Waals surface area (Å²) in [6, 6.07) is 12.4. The topological polar surface area (TPSA) is 75.7 Å². The number of sulfonamides is 1. The lowest BCUT2D eigenvalue weighted by atomic mass is 10.1. The van der Waals surface area contributed by atoms with E-state index in [-0.39, 0.29) is 12.6 Å². The number of benzene rings is 2. The number of hydrogen-bond acceptors (Lipinski definition) is 4. The van der Waals surface area contributed by atoms with Gasteiger partial charge in [-0.1, -0.05) is 23.8 Å². The first-order valence-electron chi connectivity index (χ1n) is 8.68. The van der Waals surface area contributed by atoms with Crippen LogP contribution in [0.2, 0.25) is 0 Å². The van der Waals surface area contributed by atoms with Gasteiger partial charge in [0.1, 0.15) is 12.3 Å². The molecule has 0 bridgehead atoms. The largest absolute Gasteiger partial charge is 0.491 e. The van der Waals surface area contributed by atoms with Crippen LogP contribution in [0, 0.1) is 13.8 Å². The third-order valence-corrected chi connectivity index (χ3v) is 4.92. The molecule has 0 unspecified atom stereocenters. The molecule has 0 heterocycles. The van der Waals surface area contributed by atoms with Gasteiger partial charge in [-0.2, -0.15) is 0 Å². The normalized spacial score (nSPS) is 11.3. The van der Waals surface area contributed by atoms with Gasteiger partial charge in [-0.3, -0.25) is 9.10 Å². The fourth-order valence-electron chi connectivity index (χ4n) is 2.72. The van der Waals surface area contributed by atoms with E-state index in [1.807, 2.05) is 39.8 Å². The molecule has 0 radical (unpaired) electrons. The number of nitrogens with zero attached hydrogens (tertiary/aromatic N) is 1. The average Bonchev–Trinajstić information content (AvgIpc) is 2.52. The van der Waals surface area contributed by atoms with Gasteiger partial charge >= 0.3 is 0 Å². The second-order valence-corrected chi connectivity index (χ2v) is 8.71. The zero-order chi connectivity index (χ0) is 20.2. The summed E-state index contributed by atoms with van der Waals surface area (Å²) in [5.41, 5.74) is 2.86. The van der Waals surface area contributed by atoms with Crippen LogP contribution in [0.3, 0.4) is 0 Å². The van der Waals surface area contributed by atoms with Crippen LogP contribution in [0.5, 0.6) is 5.75 Å². The van der Waals surface area contributed by atoms with Crippen molar-refractivity contribution in [2.45, 2.75) is 33.8 Å². The van der Waals surface area contributed by atoms with Gasteiger partial charge in [0.15, 0.2) is 0 Å². The van der Waals surface area contributed by atoms with Gasteiger partial charge in [-0.05, 0) is 51.5 Å². The fraction of sp³-hybridized carbons (Fsp3) is 0.350. The first-order valence-corrected chi connectivity index (χ1v) is 10.5. The lowest BCUT2D eigenvalue weighted by Crippen LogP contribution is -2.37. The van der Waals surface area contributed by atoms with E-state index in [0.717, 1.165) is 21.7 Å². The van der Waals surface area contributed by atoms with E-state index in [0.29, 0.717) is 17.1 Å². The highest BCUT2D eigenvalue weighted by Gasteiger charge is 2.22. The molecule has 27 heavy (non-hydrogen) atoms. The van der Waals surface area contributed by atoms with Gasteiger partial charge in [0, 0.05) is 11.8 Å². The Kier molecular flexibility index (Phi) is 6.49. The first-order chi connectivity index (χ1) is 12.6. The summed E-state index contributed by atoms with van der Waals surface area (Å²) in [7, 11) is -3.62. The van der Waals surface area contributed by atoms with Gasteiger partial charge in [0.2, 0.25) is 15.9 Å². The molecule has 0 saturated carbocycles. The molecule has 0 aromatic heterocycles. The Morgan fingerprint density at radius 3 is 2.44 bits per heavy atom. The number of carbonyl (C=O) groups is 1. The van der Waals surface area contributed by atoms with Crippen LogP contribution in [0.4, 0.5) is 11.4 Å². The number of hydrogen-bond donors (Lipinski definition) is 1. The third-order valence-electron chi connectivity index (χ3n) is 3.80. The highest BCUT2D eigenvalue weighted by molar-refractivity contribution is 7.92. The Morgan fingerprint density at radius 2 is 1.85 bits per heavy atom. The molecular formula is C20H26N2O4S. The van der Waals surface area contributed by atoms with E-state index in [9.17, 15) is 13.2 Å². The van der Waals surface area contributed by atoms with E-state index >= 15 is 0 Å². The lowest BCUT2D eigenvalue weighted by molar-refractivity contribution is -0.114. The van der Waals surface area contributed by atoms with E-state index in [4.69, 9.17) is 4.74 Å². The Labute approximate surface area is 161 Å². The van der Waals surface area contributed by atoms with Gasteiger partial charge in [0.05, 0.1) is 18.0 Å². The second-order valence-electron chi connectivity index (χ2n) is 6.80. The van der Waals surface area contributed by atoms with Crippen LogP contribution in [-0.2, 0) is 14.8 Å². The molecule has 7 heteroatoms. The summed E-state index contributed by atoms with van der Waals surface area (Å²) in [6.45, 7) is 7.28. The van der Waals surface area contributed by atoms with Gasteiger partial charge in [0.25, 0.3) is 0 Å². The van der Waals surface area contributed by atoms with Gasteiger partial charge in [-0.15, -0.1) is 0 Å². The van der Waals surface area contributed by atoms with Crippen LogP contribution in [0.25, 0.3) is 0 Å². The Hall–Kier alpha value is -2.54. The van der Waals surface area contributed by atoms with Crippen LogP contribution in [0.1, 0.15) is 25.0 Å². The molecule has 0 fully saturated rings. The minimum Gasteiger partial charge on any atom is -0.491 e. The molecule has 0 aliphatic carbocycles. The minimum atomic E-state index is -3.62. The number of nitrogens with one attached hydrogen (secondary N) is 1. The van der Waals surface area contributed by atoms with Crippen LogP contribution >= 0.6 is 0 Å². The molecule has 6 nitrogen and oxygen atoms in total. The predicted octanol–water partition coefficient (Wildman–Crippen LogP) is 3.50. The van der Waals surface area contributed by atoms with E-state index < -0.39 is 15.9 Å². The zero-order valence-electron chi connectivity index (χ0n) is 16.3. The fourth-order valence-corrected chi connectivity index (χ4v) is 3.63. The molecule has 146 valence electrons. The van der Waals surface area contributed by atoms with Crippen LogP contribution in [0.15, 0.2) is 42.5 Å². The number of ether oxygens (including phenoxy) is 1. The summed E-state index contributed by atoms with van der Waals surface area (Å²) < 4.78 is 31.2. The predicted molar refractivity (Wildman–Crippen MR) is 109 cm³/mol. The maximum absolute atomic E-state index is 12.5. The Morgan fingerprint density at radius 1 is 1.15 bits per heavy atom. The Bertz CT molecular complexity index is 923. The van der Waals surface area contributed by atoms with Crippen molar-refractivity contribution in [3.63, 3.8) is 0 Å². The zero-order valence-corrected chi connectivity index (χ0v) is 17.1. The molecule has 2 aromatic rings. The number of aryl methyl sites for hydroxylation is 2. The molecule has 0 spiro atoms. The van der Waals surface area contributed by atoms with Crippen molar-refractivity contribution < 1.29 is 17.9 Å². The minimum absolute atomic E-state index is 0.0150. The van der Waals surface area contributed by atoms with E-state index in [1.165, 1.54) is 0 Å². The molecule has 1 N–H and O–H groups in total. The van der Waals surface area contributed by atoms with Crippen molar-refractivity contribution in [1.82, 2.24) is 0 Å². The quantitative estimate of drug-likeness (QED) is 0.785. The molecule has 0 atom stereocenters. The third kappa shape index (κ3) is 5.99. The van der Waals surface area contributed by atoms with Crippen molar-refractivity contribution in [2.24, 2.45) is 0 Å². The van der Waals surface area contributed by atoms with Crippen molar-refractivity contribution in [1.29, 1.82) is 0 Å². The van der Waals surface area contributed by atoms with Gasteiger partial charge < -0.3 is 10.1 Å². The number of anilines is 2. The number of carbonyl (C=O) groups excluding carboxylic acids is 1. The maximum atomic E-state index is 12.5. The van der Waals surface area contributed by atoms with Gasteiger partial charge in [-0.25, -0.2) is 8.42 Å². The maximum Gasteiger partial charge on any atom is 0.245 e. The molecular weight excluding hydrogens is 364 g/mol. The SMILES string of the molecule is Cc1ccc(N(CC(=O)Nc2cccc(OC(C)C)c2)S(C)(=O)=O)c(C)c1. The summed E-state index contributed by atoms with van der Waals surface area (Å²) >= 11 is 0. The van der Waals surface area contributed by atoms with Crippen molar-refractivity contribution in [3.8, 4) is 5.75 Å². The standard InChI is InChI=1S/C20H26N2O4S/c1-14(2)26-18-8-6-7-17(12-18)21-20(23)13-22(27(5,24)25)19-10-9-15(3)11-16(19)4/h6-12,14H,13H2,1-5H3,(H,21,23). The van der Waals surface area contributed by atoms with Crippen molar-refractivity contribution in [3.05, 3.63) is 53.6 Å². The smallest absolute Gasteiger partial charge is 0.245 e. The lowest BCUT2D eigenvalue weighted by Gasteiger charge is -2.24. The summed E-state index contributed by atoms with van der Waals surface area (Å²) in [5.74, 6) is 0.208. The summed E-state index contributed by atoms with van der Waals surface area (Å²) in [5, 5.41) is 2.73. The molecule has 2 aromatic carbocycles. The van der Waals surface area contributed by atoms with E-state index in [1.54, 1.807) is 30.3 Å². The average molecular weight is 391 g/mol. The molecule has 0 aliphatic rings. The highest BCUT2D eigenvalue weighted by Crippen LogP contribution is 2.24. The van der Waals surface area contributed by atoms with E-state index in [2.05, 4.69) is 5.32 Å². The summed E-state index contributed by atoms with van der Waals surface area (Å²) in [4.78, 5) is 12.5. The van der Waals surface area contributed by atoms with Crippen LogP contribution in [-0.4, -0.2) is 33.2 Å². The molecule has 1 amide bonds. The van der Waals surface area contributed by atoms with Crippen molar-refractivity contribution >= 4 is 27.3 Å². The van der Waals surface area contributed by atoms with Crippen molar-refractivity contribution in [2.75, 3.05) is 22.4 Å². The molecule has 0 aliphatic heterocycles. The van der Waals surface area contributed by atoms with Crippen LogP contribution < -0.4 is 14.4 Å². The molecule has 0 saturated heterocycles. The number of amides is 1. The first kappa shape index (κ1) is 20.8. The monoisotopic (exact) mass is 390 g/mol. The second kappa shape index (κ2) is 8.43. The highest BCUT2D eigenvalue weighted by atomic mass is 32.2.